The van der Waals surface area contributed by atoms with Crippen LogP contribution < -0.4 is 15.8 Å². The van der Waals surface area contributed by atoms with Crippen molar-refractivity contribution in [1.82, 2.24) is 0 Å². The molecule has 38 heavy (non-hydrogen) atoms. The Hall–Kier alpha value is -4.66. The van der Waals surface area contributed by atoms with Gasteiger partial charge in [-0.3, -0.25) is 15.5 Å². The van der Waals surface area contributed by atoms with Crippen LogP contribution in [-0.4, -0.2) is 34.1 Å². The van der Waals surface area contributed by atoms with Crippen LogP contribution in [0.5, 0.6) is 5.75 Å². The van der Waals surface area contributed by atoms with Crippen molar-refractivity contribution in [1.29, 1.82) is 0 Å². The lowest BCUT2D eigenvalue weighted by Gasteiger charge is -2.21. The van der Waals surface area contributed by atoms with E-state index in [0.29, 0.717) is 17.0 Å². The highest BCUT2D eigenvalue weighted by Gasteiger charge is 2.31. The van der Waals surface area contributed by atoms with Crippen molar-refractivity contribution in [3.63, 3.8) is 0 Å². The number of phenolic OH excluding ortho intramolecular Hbond substituents is 1. The summed E-state index contributed by atoms with van der Waals surface area (Å²) < 4.78 is 5.37. The molecular weight excluding hydrogens is 482 g/mol. The molecule has 0 saturated heterocycles. The van der Waals surface area contributed by atoms with Crippen LogP contribution in [0.4, 0.5) is 21.9 Å². The van der Waals surface area contributed by atoms with Gasteiger partial charge in [-0.15, -0.1) is 0 Å². The van der Waals surface area contributed by atoms with Crippen molar-refractivity contribution in [2.45, 2.75) is 47.1 Å². The first-order chi connectivity index (χ1) is 17.9. The summed E-state index contributed by atoms with van der Waals surface area (Å²) in [6.45, 7) is 10.9. The molecule has 3 aromatic carbocycles. The van der Waals surface area contributed by atoms with Crippen LogP contribution >= 0.6 is 0 Å². The molecule has 3 N–H and O–H groups in total. The lowest BCUT2D eigenvalue weighted by Crippen LogP contribution is -2.28. The Morgan fingerprint density at radius 1 is 1.00 bits per heavy atom. The minimum atomic E-state index is -0.717. The molecule has 0 spiro atoms. The minimum absolute atomic E-state index is 0.0796. The zero-order valence-electron chi connectivity index (χ0n) is 22.3. The van der Waals surface area contributed by atoms with Crippen molar-refractivity contribution >= 4 is 40.5 Å². The van der Waals surface area contributed by atoms with Gasteiger partial charge in [-0.25, -0.2) is 4.79 Å². The van der Waals surface area contributed by atoms with Crippen molar-refractivity contribution in [3.05, 3.63) is 71.8 Å². The van der Waals surface area contributed by atoms with E-state index in [9.17, 15) is 14.7 Å². The second-order valence-electron chi connectivity index (χ2n) is 10.0. The van der Waals surface area contributed by atoms with Gasteiger partial charge in [0, 0.05) is 5.56 Å². The lowest BCUT2D eigenvalue weighted by atomic mass is 10.0. The fourth-order valence-corrected chi connectivity index (χ4v) is 3.84. The highest BCUT2D eigenvalue weighted by Crippen LogP contribution is 2.41. The minimum Gasteiger partial charge on any atom is -0.505 e. The number of carbonyl (C=O) groups excluding carboxylic acids is 2. The molecule has 0 atom stereocenters. The fourth-order valence-electron chi connectivity index (χ4n) is 3.84. The number of hydrogen-bond acceptors (Lipinski definition) is 7. The van der Waals surface area contributed by atoms with Crippen LogP contribution in [0.1, 0.15) is 38.8 Å². The van der Waals surface area contributed by atoms with Crippen LogP contribution in [0, 0.1) is 13.8 Å². The van der Waals surface area contributed by atoms with Gasteiger partial charge in [0.15, 0.2) is 11.5 Å². The quantitative estimate of drug-likeness (QED) is 0.277. The summed E-state index contributed by atoms with van der Waals surface area (Å²) in [5.41, 5.74) is 6.95. The molecule has 9 heteroatoms. The van der Waals surface area contributed by atoms with Gasteiger partial charge in [-0.1, -0.05) is 36.4 Å². The smallest absolute Gasteiger partial charge is 0.412 e. The maximum absolute atomic E-state index is 13.2. The van der Waals surface area contributed by atoms with E-state index in [-0.39, 0.29) is 22.8 Å². The molecule has 1 aliphatic heterocycles. The van der Waals surface area contributed by atoms with E-state index in [1.807, 2.05) is 62.4 Å². The van der Waals surface area contributed by atoms with E-state index in [0.717, 1.165) is 16.7 Å². The Labute approximate surface area is 221 Å². The number of anilines is 3. The summed E-state index contributed by atoms with van der Waals surface area (Å²) in [6, 6.07) is 18.2. The molecule has 0 aliphatic carbocycles. The molecule has 0 bridgehead atoms. The molecular formula is C29H31N5O4. The number of nitrogens with one attached hydrogen (secondary N) is 2. The van der Waals surface area contributed by atoms with E-state index in [2.05, 4.69) is 20.9 Å². The monoisotopic (exact) mass is 513 g/mol. The lowest BCUT2D eigenvalue weighted by molar-refractivity contribution is -0.112. The topological polar surface area (TPSA) is 116 Å². The highest BCUT2D eigenvalue weighted by molar-refractivity contribution is 6.71. The average molecular weight is 514 g/mol. The van der Waals surface area contributed by atoms with Crippen LogP contribution in [0.3, 0.4) is 0 Å². The largest absolute Gasteiger partial charge is 0.505 e. The number of ether oxygens (including phenoxy) is 1. The summed E-state index contributed by atoms with van der Waals surface area (Å²) in [5, 5.41) is 23.8. The molecule has 0 saturated carbocycles. The van der Waals surface area contributed by atoms with Gasteiger partial charge in [-0.05, 0) is 82.5 Å². The number of rotatable bonds is 5. The zero-order valence-corrected chi connectivity index (χ0v) is 22.3. The molecule has 2 amide bonds. The van der Waals surface area contributed by atoms with Crippen molar-refractivity contribution in [2.24, 2.45) is 10.2 Å². The molecule has 0 radical (unpaired) electrons. The van der Waals surface area contributed by atoms with Crippen molar-refractivity contribution in [2.75, 3.05) is 15.8 Å². The van der Waals surface area contributed by atoms with Crippen LogP contribution in [0.2, 0.25) is 0 Å². The Balaban J connectivity index is 1.69. The first-order valence-corrected chi connectivity index (χ1v) is 12.2. The number of aromatic hydroxyl groups is 1. The third-order valence-electron chi connectivity index (χ3n) is 5.90. The average Bonchev–Trinajstić information content (AvgIpc) is 3.13. The first-order valence-electron chi connectivity index (χ1n) is 12.2. The van der Waals surface area contributed by atoms with E-state index < -0.39 is 17.6 Å². The number of nitrogens with zero attached hydrogens (tertiary/aromatic N) is 3. The number of hydrogen-bond donors (Lipinski definition) is 3. The number of phenols is 1. The Morgan fingerprint density at radius 2 is 1.71 bits per heavy atom. The summed E-state index contributed by atoms with van der Waals surface area (Å²) in [6.07, 6.45) is -0.698. The fraction of sp³-hybridized carbons (Fsp3) is 0.241. The molecule has 3 aromatic rings. The standard InChI is InChI=1S/C29H31N5O4/c1-17-12-13-21(16-18(17)2)34-27(36)24(19(3)33-34)31-32-25-23(30-28(37)38-29(4,5)6)15-14-22(26(25)35)20-10-8-7-9-11-20/h7-16,32,35H,1-6H3,(H,30,37). The highest BCUT2D eigenvalue weighted by atomic mass is 16.6. The van der Waals surface area contributed by atoms with Crippen LogP contribution in [-0.2, 0) is 9.53 Å². The number of amides is 2. The first kappa shape index (κ1) is 26.4. The third-order valence-corrected chi connectivity index (χ3v) is 5.90. The predicted molar refractivity (Wildman–Crippen MR) is 151 cm³/mol. The maximum Gasteiger partial charge on any atom is 0.412 e. The SMILES string of the molecule is CC1=NN(c2ccc(C)c(C)c2)C(=O)C1=NNc1c(NC(=O)OC(C)(C)C)ccc(-c2ccccc2)c1O. The van der Waals surface area contributed by atoms with Gasteiger partial charge < -0.3 is 9.84 Å². The van der Waals surface area contributed by atoms with Gasteiger partial charge in [0.25, 0.3) is 0 Å². The van der Waals surface area contributed by atoms with Crippen LogP contribution in [0.15, 0.2) is 70.9 Å². The summed E-state index contributed by atoms with van der Waals surface area (Å²) in [7, 11) is 0. The summed E-state index contributed by atoms with van der Waals surface area (Å²) >= 11 is 0. The van der Waals surface area contributed by atoms with Gasteiger partial charge >= 0.3 is 12.0 Å². The van der Waals surface area contributed by atoms with Crippen molar-refractivity contribution < 1.29 is 19.4 Å². The van der Waals surface area contributed by atoms with Gasteiger partial charge in [-0.2, -0.15) is 15.2 Å². The predicted octanol–water partition coefficient (Wildman–Crippen LogP) is 6.21. The van der Waals surface area contributed by atoms with Gasteiger partial charge in [0.2, 0.25) is 0 Å². The van der Waals surface area contributed by atoms with E-state index in [1.54, 1.807) is 39.8 Å². The molecule has 1 heterocycles. The molecule has 1 aliphatic rings. The number of aryl methyl sites for hydroxylation is 2. The van der Waals surface area contributed by atoms with E-state index in [4.69, 9.17) is 4.74 Å². The Kier molecular flexibility index (Phi) is 7.21. The number of carbonyl (C=O) groups is 2. The molecule has 0 fully saturated rings. The second kappa shape index (κ2) is 10.4. The van der Waals surface area contributed by atoms with E-state index in [1.165, 1.54) is 5.01 Å². The molecule has 9 nitrogen and oxygen atoms in total. The molecule has 0 aromatic heterocycles. The molecule has 196 valence electrons. The maximum atomic E-state index is 13.2. The van der Waals surface area contributed by atoms with Crippen molar-refractivity contribution in [3.8, 4) is 16.9 Å². The zero-order chi connectivity index (χ0) is 27.6. The second-order valence-corrected chi connectivity index (χ2v) is 10.0. The summed E-state index contributed by atoms with van der Waals surface area (Å²) in [4.78, 5) is 25.7. The molecule has 4 rings (SSSR count). The molecule has 0 unspecified atom stereocenters. The van der Waals surface area contributed by atoms with Crippen LogP contribution in [0.25, 0.3) is 11.1 Å². The summed E-state index contributed by atoms with van der Waals surface area (Å²) in [5.74, 6) is -0.571. The van der Waals surface area contributed by atoms with E-state index >= 15 is 0 Å². The Morgan fingerprint density at radius 3 is 2.37 bits per heavy atom. The third kappa shape index (κ3) is 5.67. The Bertz CT molecular complexity index is 1460. The van der Waals surface area contributed by atoms with Gasteiger partial charge in [0.05, 0.1) is 17.1 Å². The normalized spacial score (nSPS) is 14.5. The van der Waals surface area contributed by atoms with Gasteiger partial charge in [0.1, 0.15) is 11.3 Å². The number of benzene rings is 3. The number of hydrazone groups is 2.